The molecule has 0 amide bonds. The molecule has 0 rings (SSSR count). The fourth-order valence-corrected chi connectivity index (χ4v) is 3.25. The van der Waals surface area contributed by atoms with Crippen LogP contribution in [0.5, 0.6) is 0 Å². The van der Waals surface area contributed by atoms with Gasteiger partial charge in [-0.15, -0.1) is 6.42 Å². The SMILES string of the molecule is C#C/C=C\C(O)C(O)CCCCCCCC(C)CCCCCCCC. The number of aliphatic hydroxyl groups is 2. The van der Waals surface area contributed by atoms with Crippen molar-refractivity contribution in [3.63, 3.8) is 0 Å². The number of unbranched alkanes of at least 4 members (excludes halogenated alkanes) is 9. The lowest BCUT2D eigenvalue weighted by Crippen LogP contribution is -2.23. The minimum atomic E-state index is -0.834. The third-order valence-corrected chi connectivity index (χ3v) is 5.03. The summed E-state index contributed by atoms with van der Waals surface area (Å²) in [5.41, 5.74) is 0. The van der Waals surface area contributed by atoms with Gasteiger partial charge in [0.15, 0.2) is 0 Å². The molecule has 2 heteroatoms. The largest absolute Gasteiger partial charge is 0.390 e. The summed E-state index contributed by atoms with van der Waals surface area (Å²) in [6.07, 6.45) is 24.2. The first-order chi connectivity index (χ1) is 12.1. The normalized spacial score (nSPS) is 15.2. The van der Waals surface area contributed by atoms with E-state index in [-0.39, 0.29) is 0 Å². The van der Waals surface area contributed by atoms with E-state index in [4.69, 9.17) is 6.42 Å². The molecule has 2 nitrogen and oxygen atoms in total. The zero-order valence-electron chi connectivity index (χ0n) is 16.8. The Morgan fingerprint density at radius 1 is 0.800 bits per heavy atom. The lowest BCUT2D eigenvalue weighted by molar-refractivity contribution is 0.0415. The molecule has 0 aliphatic carbocycles. The Kier molecular flexibility index (Phi) is 17.5. The van der Waals surface area contributed by atoms with Crippen LogP contribution in [0.25, 0.3) is 0 Å². The second-order valence-corrected chi connectivity index (χ2v) is 7.59. The van der Waals surface area contributed by atoms with Crippen LogP contribution in [-0.4, -0.2) is 22.4 Å². The average Bonchev–Trinajstić information content (AvgIpc) is 2.61. The Morgan fingerprint density at radius 3 is 1.80 bits per heavy atom. The van der Waals surface area contributed by atoms with Gasteiger partial charge in [0.2, 0.25) is 0 Å². The Bertz CT molecular complexity index is 342. The summed E-state index contributed by atoms with van der Waals surface area (Å²) in [6.45, 7) is 4.67. The fourth-order valence-electron chi connectivity index (χ4n) is 3.25. The molecule has 0 heterocycles. The van der Waals surface area contributed by atoms with Crippen LogP contribution in [0, 0.1) is 18.3 Å². The van der Waals surface area contributed by atoms with E-state index in [0.717, 1.165) is 18.8 Å². The van der Waals surface area contributed by atoms with Gasteiger partial charge in [-0.2, -0.15) is 0 Å². The number of hydrogen-bond acceptors (Lipinski definition) is 2. The lowest BCUT2D eigenvalue weighted by atomic mass is 9.95. The third-order valence-electron chi connectivity index (χ3n) is 5.03. The molecule has 0 aromatic carbocycles. The Balaban J connectivity index is 3.40. The van der Waals surface area contributed by atoms with E-state index in [2.05, 4.69) is 19.8 Å². The molecule has 0 fully saturated rings. The van der Waals surface area contributed by atoms with Crippen molar-refractivity contribution < 1.29 is 10.2 Å². The van der Waals surface area contributed by atoms with Crippen LogP contribution in [-0.2, 0) is 0 Å². The van der Waals surface area contributed by atoms with Crippen molar-refractivity contribution in [1.82, 2.24) is 0 Å². The molecule has 3 atom stereocenters. The standard InChI is InChI=1S/C23H42O2/c1-4-6-8-9-11-14-17-21(3)18-15-12-10-13-16-20-23(25)22(24)19-7-5-2/h2,7,19,21-25H,4,6,8-18,20H2,1,3H3/b19-7-. The van der Waals surface area contributed by atoms with E-state index < -0.39 is 12.2 Å². The van der Waals surface area contributed by atoms with Crippen LogP contribution in [0.2, 0.25) is 0 Å². The van der Waals surface area contributed by atoms with Gasteiger partial charge >= 0.3 is 0 Å². The summed E-state index contributed by atoms with van der Waals surface area (Å²) in [7, 11) is 0. The molecule has 0 aromatic heterocycles. The van der Waals surface area contributed by atoms with Crippen molar-refractivity contribution in [2.45, 2.75) is 116 Å². The van der Waals surface area contributed by atoms with Crippen molar-refractivity contribution in [1.29, 1.82) is 0 Å². The van der Waals surface area contributed by atoms with Crippen molar-refractivity contribution in [2.75, 3.05) is 0 Å². The van der Waals surface area contributed by atoms with Crippen LogP contribution in [0.3, 0.4) is 0 Å². The molecule has 0 bridgehead atoms. The highest BCUT2D eigenvalue weighted by atomic mass is 16.3. The minimum absolute atomic E-state index is 0.643. The molecule has 3 unspecified atom stereocenters. The van der Waals surface area contributed by atoms with E-state index in [1.165, 1.54) is 82.8 Å². The Labute approximate surface area is 157 Å². The third kappa shape index (κ3) is 16.4. The second-order valence-electron chi connectivity index (χ2n) is 7.59. The van der Waals surface area contributed by atoms with E-state index >= 15 is 0 Å². The fraction of sp³-hybridized carbons (Fsp3) is 0.826. The maximum Gasteiger partial charge on any atom is 0.0989 e. The summed E-state index contributed by atoms with van der Waals surface area (Å²) >= 11 is 0. The predicted octanol–water partition coefficient (Wildman–Crippen LogP) is 6.02. The molecule has 0 saturated heterocycles. The van der Waals surface area contributed by atoms with Crippen LogP contribution in [0.4, 0.5) is 0 Å². The summed E-state index contributed by atoms with van der Waals surface area (Å²) in [4.78, 5) is 0. The summed E-state index contributed by atoms with van der Waals surface area (Å²) < 4.78 is 0. The maximum atomic E-state index is 9.80. The zero-order chi connectivity index (χ0) is 18.8. The van der Waals surface area contributed by atoms with Crippen LogP contribution in [0.15, 0.2) is 12.2 Å². The van der Waals surface area contributed by atoms with E-state index in [1.807, 2.05) is 0 Å². The summed E-state index contributed by atoms with van der Waals surface area (Å²) in [5, 5.41) is 19.4. The first-order valence-corrected chi connectivity index (χ1v) is 10.6. The molecule has 0 aliphatic rings. The minimum Gasteiger partial charge on any atom is -0.390 e. The summed E-state index contributed by atoms with van der Waals surface area (Å²) in [5.74, 6) is 3.19. The first-order valence-electron chi connectivity index (χ1n) is 10.6. The van der Waals surface area contributed by atoms with Gasteiger partial charge in [0.1, 0.15) is 0 Å². The van der Waals surface area contributed by atoms with E-state index in [9.17, 15) is 10.2 Å². The molecule has 0 radical (unpaired) electrons. The van der Waals surface area contributed by atoms with Gasteiger partial charge in [0.25, 0.3) is 0 Å². The molecule has 146 valence electrons. The van der Waals surface area contributed by atoms with Crippen LogP contribution < -0.4 is 0 Å². The lowest BCUT2D eigenvalue weighted by Gasteiger charge is -2.14. The molecule has 25 heavy (non-hydrogen) atoms. The van der Waals surface area contributed by atoms with Crippen molar-refractivity contribution in [3.05, 3.63) is 12.2 Å². The molecular weight excluding hydrogens is 308 g/mol. The molecule has 0 saturated carbocycles. The number of allylic oxidation sites excluding steroid dienone is 1. The molecule has 0 aliphatic heterocycles. The average molecular weight is 351 g/mol. The maximum absolute atomic E-state index is 9.80. The van der Waals surface area contributed by atoms with Crippen molar-refractivity contribution in [2.24, 2.45) is 5.92 Å². The van der Waals surface area contributed by atoms with Gasteiger partial charge < -0.3 is 10.2 Å². The monoisotopic (exact) mass is 350 g/mol. The molecule has 0 spiro atoms. The van der Waals surface area contributed by atoms with Crippen LogP contribution >= 0.6 is 0 Å². The highest BCUT2D eigenvalue weighted by Crippen LogP contribution is 2.18. The Hall–Kier alpha value is -0.780. The highest BCUT2D eigenvalue weighted by Gasteiger charge is 2.12. The number of aliphatic hydroxyl groups excluding tert-OH is 2. The van der Waals surface area contributed by atoms with E-state index in [0.29, 0.717) is 6.42 Å². The van der Waals surface area contributed by atoms with Gasteiger partial charge in [0, 0.05) is 0 Å². The zero-order valence-corrected chi connectivity index (χ0v) is 16.8. The number of hydrogen-bond donors (Lipinski definition) is 2. The Morgan fingerprint density at radius 2 is 1.28 bits per heavy atom. The molecular formula is C23H42O2. The first kappa shape index (κ1) is 24.2. The number of rotatable bonds is 17. The molecule has 0 aromatic rings. The summed E-state index contributed by atoms with van der Waals surface area (Å²) in [6, 6.07) is 0. The van der Waals surface area contributed by atoms with Crippen molar-refractivity contribution >= 4 is 0 Å². The van der Waals surface area contributed by atoms with E-state index in [1.54, 1.807) is 0 Å². The van der Waals surface area contributed by atoms with Crippen molar-refractivity contribution in [3.8, 4) is 12.3 Å². The second kappa shape index (κ2) is 18.0. The van der Waals surface area contributed by atoms with Gasteiger partial charge in [-0.25, -0.2) is 0 Å². The topological polar surface area (TPSA) is 40.5 Å². The quantitative estimate of drug-likeness (QED) is 0.249. The van der Waals surface area contributed by atoms with Gasteiger partial charge in [-0.05, 0) is 24.5 Å². The van der Waals surface area contributed by atoms with Gasteiger partial charge in [-0.1, -0.05) is 103 Å². The number of terminal acetylenes is 1. The van der Waals surface area contributed by atoms with Crippen LogP contribution in [0.1, 0.15) is 104 Å². The highest BCUT2D eigenvalue weighted by molar-refractivity contribution is 5.11. The smallest absolute Gasteiger partial charge is 0.0989 e. The van der Waals surface area contributed by atoms with Gasteiger partial charge in [-0.3, -0.25) is 0 Å². The van der Waals surface area contributed by atoms with Gasteiger partial charge in [0.05, 0.1) is 12.2 Å². The predicted molar refractivity (Wildman–Crippen MR) is 109 cm³/mol. The molecule has 2 N–H and O–H groups in total.